The maximum Gasteiger partial charge on any atom is 0.238 e. The van der Waals surface area contributed by atoms with Gasteiger partial charge in [0.05, 0.1) is 16.8 Å². The van der Waals surface area contributed by atoms with Crippen molar-refractivity contribution in [2.75, 3.05) is 42.9 Å². The van der Waals surface area contributed by atoms with Crippen molar-refractivity contribution in [1.82, 2.24) is 9.88 Å². The molecule has 6 nitrogen and oxygen atoms in total. The predicted octanol–water partition coefficient (Wildman–Crippen LogP) is 3.91. The van der Waals surface area contributed by atoms with Crippen LogP contribution in [0, 0.1) is 0 Å². The number of thiazole rings is 1. The first-order valence-corrected chi connectivity index (χ1v) is 10.6. The number of hydrogen-bond donors (Lipinski definition) is 1. The summed E-state index contributed by atoms with van der Waals surface area (Å²) in [5, 5.41) is 4.59. The maximum atomic E-state index is 12.3. The van der Waals surface area contributed by atoms with Gasteiger partial charge in [-0.3, -0.25) is 14.5 Å². The second kappa shape index (κ2) is 8.49. The number of aromatic nitrogens is 1. The molecule has 1 aliphatic rings. The summed E-state index contributed by atoms with van der Waals surface area (Å²) in [5.41, 5.74) is 2.26. The molecule has 1 amide bonds. The molecule has 1 aliphatic heterocycles. The van der Waals surface area contributed by atoms with Crippen molar-refractivity contribution in [1.29, 1.82) is 0 Å². The number of ketones is 1. The molecule has 1 N–H and O–H groups in total. The first kappa shape index (κ1) is 19.8. The highest BCUT2D eigenvalue weighted by Gasteiger charge is 2.21. The summed E-state index contributed by atoms with van der Waals surface area (Å²) in [4.78, 5) is 32.8. The third-order valence-corrected chi connectivity index (χ3v) is 6.26. The third-order valence-electron chi connectivity index (χ3n) is 4.92. The molecule has 0 atom stereocenters. The van der Waals surface area contributed by atoms with E-state index in [-0.39, 0.29) is 11.7 Å². The summed E-state index contributed by atoms with van der Waals surface area (Å²) in [5.74, 6) is -0.0411. The second-order valence-corrected chi connectivity index (χ2v) is 8.50. The quantitative estimate of drug-likeness (QED) is 0.624. The monoisotopic (exact) mass is 428 g/mol. The molecule has 8 heteroatoms. The molecule has 2 heterocycles. The van der Waals surface area contributed by atoms with E-state index in [0.29, 0.717) is 22.8 Å². The first-order chi connectivity index (χ1) is 14.0. The molecule has 0 spiro atoms. The molecule has 1 aromatic heterocycles. The van der Waals surface area contributed by atoms with E-state index >= 15 is 0 Å². The van der Waals surface area contributed by atoms with Crippen LogP contribution in [0.4, 0.5) is 10.8 Å². The predicted molar refractivity (Wildman–Crippen MR) is 118 cm³/mol. The number of amides is 1. The van der Waals surface area contributed by atoms with Crippen LogP contribution < -0.4 is 10.2 Å². The number of carbonyl (C=O) groups excluding carboxylic acids is 2. The lowest BCUT2D eigenvalue weighted by Crippen LogP contribution is -2.48. The Morgan fingerprint density at radius 1 is 1.10 bits per heavy atom. The van der Waals surface area contributed by atoms with Crippen LogP contribution in [-0.2, 0) is 4.79 Å². The van der Waals surface area contributed by atoms with Crippen LogP contribution >= 0.6 is 22.9 Å². The highest BCUT2D eigenvalue weighted by atomic mass is 35.5. The number of rotatable bonds is 5. The van der Waals surface area contributed by atoms with Gasteiger partial charge in [-0.05, 0) is 49.4 Å². The second-order valence-electron chi connectivity index (χ2n) is 7.05. The lowest BCUT2D eigenvalue weighted by Gasteiger charge is -2.34. The molecule has 4 rings (SSSR count). The molecule has 0 radical (unpaired) electrons. The zero-order valence-electron chi connectivity index (χ0n) is 16.0. The number of benzene rings is 2. The van der Waals surface area contributed by atoms with Crippen LogP contribution in [0.1, 0.15) is 17.3 Å². The van der Waals surface area contributed by atoms with Crippen molar-refractivity contribution < 1.29 is 9.59 Å². The van der Waals surface area contributed by atoms with Crippen molar-refractivity contribution in [2.24, 2.45) is 0 Å². The minimum Gasteiger partial charge on any atom is -0.345 e. The summed E-state index contributed by atoms with van der Waals surface area (Å²) in [7, 11) is 0. The molecule has 0 saturated carbocycles. The van der Waals surface area contributed by atoms with E-state index < -0.39 is 0 Å². The Morgan fingerprint density at radius 2 is 1.83 bits per heavy atom. The van der Waals surface area contributed by atoms with Crippen LogP contribution in [0.5, 0.6) is 0 Å². The number of carbonyl (C=O) groups is 2. The van der Waals surface area contributed by atoms with Gasteiger partial charge >= 0.3 is 0 Å². The Labute approximate surface area is 178 Å². The van der Waals surface area contributed by atoms with Crippen LogP contribution in [0.2, 0.25) is 5.02 Å². The van der Waals surface area contributed by atoms with Crippen molar-refractivity contribution in [3.63, 3.8) is 0 Å². The van der Waals surface area contributed by atoms with Crippen molar-refractivity contribution in [3.05, 3.63) is 53.1 Å². The average Bonchev–Trinajstić information content (AvgIpc) is 3.12. The van der Waals surface area contributed by atoms with E-state index in [1.807, 2.05) is 18.2 Å². The normalized spacial score (nSPS) is 14.9. The molecule has 2 aromatic carbocycles. The van der Waals surface area contributed by atoms with Crippen molar-refractivity contribution in [3.8, 4) is 0 Å². The van der Waals surface area contributed by atoms with Crippen LogP contribution in [0.25, 0.3) is 10.2 Å². The topological polar surface area (TPSA) is 65.5 Å². The number of nitrogens with zero attached hydrogens (tertiary/aromatic N) is 3. The van der Waals surface area contributed by atoms with Crippen molar-refractivity contribution >= 4 is 55.7 Å². The summed E-state index contributed by atoms with van der Waals surface area (Å²) >= 11 is 7.72. The Kier molecular flexibility index (Phi) is 5.80. The third kappa shape index (κ3) is 4.75. The Bertz CT molecular complexity index is 1040. The fourth-order valence-corrected chi connectivity index (χ4v) is 4.48. The zero-order valence-corrected chi connectivity index (χ0v) is 17.6. The molecule has 1 saturated heterocycles. The SMILES string of the molecule is CC(=O)c1ccc(NC(=O)CN2CCN(c3nc4cc(Cl)ccc4s3)CC2)cc1. The molecule has 0 aliphatic carbocycles. The minimum absolute atomic E-state index is 0.0111. The summed E-state index contributed by atoms with van der Waals surface area (Å²) < 4.78 is 1.13. The number of nitrogens with one attached hydrogen (secondary N) is 1. The highest BCUT2D eigenvalue weighted by Crippen LogP contribution is 2.30. The molecule has 29 heavy (non-hydrogen) atoms. The smallest absolute Gasteiger partial charge is 0.238 e. The van der Waals surface area contributed by atoms with Gasteiger partial charge in [0.1, 0.15) is 0 Å². The number of piperazine rings is 1. The Hall–Kier alpha value is -2.48. The van der Waals surface area contributed by atoms with Gasteiger partial charge in [0, 0.05) is 42.5 Å². The maximum absolute atomic E-state index is 12.3. The molecule has 150 valence electrons. The number of anilines is 2. The summed E-state index contributed by atoms with van der Waals surface area (Å²) in [6.45, 7) is 5.12. The van der Waals surface area contributed by atoms with Gasteiger partial charge in [-0.1, -0.05) is 22.9 Å². The number of Topliss-reactive ketones (excluding diaryl/α,β-unsaturated/α-hetero) is 1. The van der Waals surface area contributed by atoms with Gasteiger partial charge in [-0.25, -0.2) is 4.98 Å². The molecule has 1 fully saturated rings. The van der Waals surface area contributed by atoms with Gasteiger partial charge in [0.2, 0.25) is 5.91 Å². The molecule has 0 unspecified atom stereocenters. The number of hydrogen-bond acceptors (Lipinski definition) is 6. The lowest BCUT2D eigenvalue weighted by molar-refractivity contribution is -0.117. The van der Waals surface area contributed by atoms with Crippen molar-refractivity contribution in [2.45, 2.75) is 6.92 Å². The lowest BCUT2D eigenvalue weighted by atomic mass is 10.1. The Morgan fingerprint density at radius 3 is 2.52 bits per heavy atom. The molecule has 3 aromatic rings. The fraction of sp³-hybridized carbons (Fsp3) is 0.286. The van der Waals surface area contributed by atoms with E-state index in [2.05, 4.69) is 15.1 Å². The van der Waals surface area contributed by atoms with E-state index in [9.17, 15) is 9.59 Å². The van der Waals surface area contributed by atoms with Crippen LogP contribution in [0.15, 0.2) is 42.5 Å². The fourth-order valence-electron chi connectivity index (χ4n) is 3.31. The Balaban J connectivity index is 1.29. The van der Waals surface area contributed by atoms with E-state index in [1.54, 1.807) is 35.6 Å². The number of fused-ring (bicyclic) bond motifs is 1. The standard InChI is InChI=1S/C21H21ClN4O2S/c1-14(27)15-2-5-17(6-3-15)23-20(28)13-25-8-10-26(11-9-25)21-24-18-12-16(22)4-7-19(18)29-21/h2-7,12H,8-11,13H2,1H3,(H,23,28). The van der Waals surface area contributed by atoms with E-state index in [1.165, 1.54) is 6.92 Å². The van der Waals surface area contributed by atoms with Gasteiger partial charge in [-0.15, -0.1) is 0 Å². The average molecular weight is 429 g/mol. The molecular formula is C21H21ClN4O2S. The van der Waals surface area contributed by atoms with Gasteiger partial charge in [-0.2, -0.15) is 0 Å². The van der Waals surface area contributed by atoms with Gasteiger partial charge in [0.25, 0.3) is 0 Å². The highest BCUT2D eigenvalue weighted by molar-refractivity contribution is 7.22. The molecular weight excluding hydrogens is 408 g/mol. The zero-order chi connectivity index (χ0) is 20.4. The van der Waals surface area contributed by atoms with E-state index in [0.717, 1.165) is 41.5 Å². The minimum atomic E-state index is -0.0522. The van der Waals surface area contributed by atoms with Crippen LogP contribution in [0.3, 0.4) is 0 Å². The van der Waals surface area contributed by atoms with Gasteiger partial charge < -0.3 is 10.2 Å². The van der Waals surface area contributed by atoms with Gasteiger partial charge in [0.15, 0.2) is 10.9 Å². The number of halogens is 1. The first-order valence-electron chi connectivity index (χ1n) is 9.42. The largest absolute Gasteiger partial charge is 0.345 e. The molecule has 0 bridgehead atoms. The summed E-state index contributed by atoms with van der Waals surface area (Å²) in [6, 6.07) is 12.7. The summed E-state index contributed by atoms with van der Waals surface area (Å²) in [6.07, 6.45) is 0. The van der Waals surface area contributed by atoms with E-state index in [4.69, 9.17) is 16.6 Å². The van der Waals surface area contributed by atoms with Crippen LogP contribution in [-0.4, -0.2) is 54.3 Å².